The normalized spacial score (nSPS) is 12.5. The molecule has 1 aromatic rings. The maximum absolute atomic E-state index is 10.9. The molecule has 1 aromatic heterocycles. The Hall–Kier alpha value is -1.56. The van der Waals surface area contributed by atoms with Crippen molar-refractivity contribution in [3.8, 4) is 0 Å². The predicted octanol–water partition coefficient (Wildman–Crippen LogP) is -1.29. The second-order valence-electron chi connectivity index (χ2n) is 2.46. The van der Waals surface area contributed by atoms with Gasteiger partial charge in [-0.15, -0.1) is 0 Å². The lowest BCUT2D eigenvalue weighted by atomic mass is 10.3. The summed E-state index contributed by atoms with van der Waals surface area (Å²) in [5.41, 5.74) is -0.372. The number of esters is 1. The van der Waals surface area contributed by atoms with Crippen molar-refractivity contribution < 1.29 is 14.6 Å². The van der Waals surface area contributed by atoms with E-state index < -0.39 is 12.1 Å². The molecule has 0 bridgehead atoms. The van der Waals surface area contributed by atoms with Gasteiger partial charge in [-0.1, -0.05) is 0 Å². The lowest BCUT2D eigenvalue weighted by Gasteiger charge is -2.07. The molecule has 0 fully saturated rings. The highest BCUT2D eigenvalue weighted by Crippen LogP contribution is 1.91. The van der Waals surface area contributed by atoms with Gasteiger partial charge < -0.3 is 14.8 Å². The van der Waals surface area contributed by atoms with E-state index in [9.17, 15) is 9.59 Å². The van der Waals surface area contributed by atoms with E-state index in [-0.39, 0.29) is 12.2 Å². The summed E-state index contributed by atoms with van der Waals surface area (Å²) < 4.78 is 5.47. The van der Waals surface area contributed by atoms with Crippen molar-refractivity contribution >= 4 is 5.97 Å². The first kappa shape index (κ1) is 9.53. The molecule has 6 heteroatoms. The largest absolute Gasteiger partial charge is 0.467 e. The van der Waals surface area contributed by atoms with Crippen molar-refractivity contribution in [2.24, 2.45) is 0 Å². The van der Waals surface area contributed by atoms with Gasteiger partial charge in [0.25, 0.3) is 0 Å². The highest BCUT2D eigenvalue weighted by molar-refractivity contribution is 5.73. The highest BCUT2D eigenvalue weighted by Gasteiger charge is 2.16. The summed E-state index contributed by atoms with van der Waals surface area (Å²) in [5, 5.41) is 9.17. The van der Waals surface area contributed by atoms with Crippen molar-refractivity contribution in [2.75, 3.05) is 7.11 Å². The smallest absolute Gasteiger partial charge is 0.336 e. The number of rotatable bonds is 3. The number of nitrogens with zero attached hydrogens (tertiary/aromatic N) is 1. The molecule has 0 aliphatic rings. The topological polar surface area (TPSA) is 84.3 Å². The summed E-state index contributed by atoms with van der Waals surface area (Å²) in [6.45, 7) is -0.102. The number of aliphatic hydroxyl groups is 1. The molecule has 6 nitrogen and oxygen atoms in total. The molecular weight excluding hydrogens is 176 g/mol. The molecule has 1 atom stereocenters. The van der Waals surface area contributed by atoms with Gasteiger partial charge >= 0.3 is 11.7 Å². The average molecular weight is 186 g/mol. The van der Waals surface area contributed by atoms with E-state index in [0.29, 0.717) is 0 Å². The van der Waals surface area contributed by atoms with Crippen LogP contribution in [0.1, 0.15) is 0 Å². The molecule has 0 saturated heterocycles. The zero-order valence-corrected chi connectivity index (χ0v) is 7.06. The molecule has 0 aromatic carbocycles. The minimum atomic E-state index is -1.31. The predicted molar refractivity (Wildman–Crippen MR) is 43.1 cm³/mol. The van der Waals surface area contributed by atoms with Crippen LogP contribution in [0.3, 0.4) is 0 Å². The third kappa shape index (κ3) is 2.19. The van der Waals surface area contributed by atoms with Crippen LogP contribution in [0.15, 0.2) is 17.2 Å². The van der Waals surface area contributed by atoms with Crippen molar-refractivity contribution in [3.05, 3.63) is 22.9 Å². The maximum Gasteiger partial charge on any atom is 0.336 e. The Morgan fingerprint density at radius 3 is 3.00 bits per heavy atom. The minimum absolute atomic E-state index is 0.102. The fourth-order valence-corrected chi connectivity index (χ4v) is 0.890. The second-order valence-corrected chi connectivity index (χ2v) is 2.46. The molecule has 1 unspecified atom stereocenters. The van der Waals surface area contributed by atoms with Gasteiger partial charge in [0.2, 0.25) is 0 Å². The number of carbonyl (C=O) groups excluding carboxylic acids is 1. The second kappa shape index (κ2) is 3.90. The number of aromatic amines is 1. The number of aromatic nitrogens is 2. The Morgan fingerprint density at radius 1 is 1.85 bits per heavy atom. The molecular formula is C7H10N2O4. The lowest BCUT2D eigenvalue weighted by Crippen LogP contribution is -2.30. The number of hydrogen-bond acceptors (Lipinski definition) is 4. The standard InChI is InChI=1S/C7H10N2O4/c1-13-6(11)5(10)4-9-3-2-8-7(9)12/h2-3,5,10H,4H2,1H3,(H,8,12). The van der Waals surface area contributed by atoms with Gasteiger partial charge in [0.1, 0.15) is 0 Å². The van der Waals surface area contributed by atoms with Gasteiger partial charge in [0.15, 0.2) is 6.10 Å². The van der Waals surface area contributed by atoms with Gasteiger partial charge in [-0.2, -0.15) is 0 Å². The molecule has 1 heterocycles. The molecule has 0 aliphatic carbocycles. The number of nitrogens with one attached hydrogen (secondary N) is 1. The SMILES string of the molecule is COC(=O)C(O)Cn1cc[nH]c1=O. The monoisotopic (exact) mass is 186 g/mol. The van der Waals surface area contributed by atoms with Crippen molar-refractivity contribution in [3.63, 3.8) is 0 Å². The van der Waals surface area contributed by atoms with Gasteiger partial charge in [-0.3, -0.25) is 4.57 Å². The summed E-state index contributed by atoms with van der Waals surface area (Å²) in [5.74, 6) is -0.756. The number of hydrogen-bond donors (Lipinski definition) is 2. The van der Waals surface area contributed by atoms with Crippen molar-refractivity contribution in [1.82, 2.24) is 9.55 Å². The summed E-state index contributed by atoms with van der Waals surface area (Å²) in [4.78, 5) is 24.0. The minimum Gasteiger partial charge on any atom is -0.467 e. The highest BCUT2D eigenvalue weighted by atomic mass is 16.5. The van der Waals surface area contributed by atoms with E-state index in [0.717, 1.165) is 0 Å². The van der Waals surface area contributed by atoms with Crippen LogP contribution in [-0.2, 0) is 16.1 Å². The van der Waals surface area contributed by atoms with Crippen LogP contribution in [0.25, 0.3) is 0 Å². The number of carbonyl (C=O) groups is 1. The van der Waals surface area contributed by atoms with Gasteiger partial charge in [0.05, 0.1) is 13.7 Å². The number of ether oxygens (including phenoxy) is 1. The summed E-state index contributed by atoms with van der Waals surface area (Å²) in [6.07, 6.45) is 1.55. The first-order valence-electron chi connectivity index (χ1n) is 3.65. The van der Waals surface area contributed by atoms with Crippen molar-refractivity contribution in [1.29, 1.82) is 0 Å². The molecule has 0 amide bonds. The molecule has 0 spiro atoms. The van der Waals surface area contributed by atoms with Crippen LogP contribution in [0.2, 0.25) is 0 Å². The van der Waals surface area contributed by atoms with Crippen LogP contribution in [0, 0.1) is 0 Å². The molecule has 0 aliphatic heterocycles. The van der Waals surface area contributed by atoms with Crippen LogP contribution in [0.5, 0.6) is 0 Å². The van der Waals surface area contributed by atoms with Crippen LogP contribution in [-0.4, -0.2) is 33.8 Å². The lowest BCUT2D eigenvalue weighted by molar-refractivity contribution is -0.151. The summed E-state index contributed by atoms with van der Waals surface area (Å²) in [6, 6.07) is 0. The maximum atomic E-state index is 10.9. The van der Waals surface area contributed by atoms with Gasteiger partial charge in [-0.05, 0) is 0 Å². The number of imidazole rings is 1. The van der Waals surface area contributed by atoms with E-state index in [1.165, 1.54) is 24.1 Å². The third-order valence-corrected chi connectivity index (χ3v) is 1.57. The quantitative estimate of drug-likeness (QED) is 0.575. The van der Waals surface area contributed by atoms with E-state index in [2.05, 4.69) is 9.72 Å². The van der Waals surface area contributed by atoms with E-state index in [4.69, 9.17) is 5.11 Å². The Bertz CT molecular complexity index is 340. The molecule has 1 rings (SSSR count). The third-order valence-electron chi connectivity index (χ3n) is 1.57. The molecule has 72 valence electrons. The molecule has 13 heavy (non-hydrogen) atoms. The molecule has 2 N–H and O–H groups in total. The van der Waals surface area contributed by atoms with Gasteiger partial charge in [0, 0.05) is 12.4 Å². The van der Waals surface area contributed by atoms with E-state index in [1.54, 1.807) is 0 Å². The van der Waals surface area contributed by atoms with Crippen molar-refractivity contribution in [2.45, 2.75) is 12.6 Å². The first-order valence-corrected chi connectivity index (χ1v) is 3.65. The average Bonchev–Trinajstić information content (AvgIpc) is 2.50. The Kier molecular flexibility index (Phi) is 2.86. The van der Waals surface area contributed by atoms with Crippen LogP contribution >= 0.6 is 0 Å². The van der Waals surface area contributed by atoms with Crippen LogP contribution < -0.4 is 5.69 Å². The molecule has 0 radical (unpaired) electrons. The van der Waals surface area contributed by atoms with E-state index in [1.807, 2.05) is 0 Å². The number of H-pyrrole nitrogens is 1. The Labute approximate surface area is 73.8 Å². The zero-order chi connectivity index (χ0) is 9.84. The fraction of sp³-hybridized carbons (Fsp3) is 0.429. The first-order chi connectivity index (χ1) is 6.15. The van der Waals surface area contributed by atoms with E-state index >= 15 is 0 Å². The summed E-state index contributed by atoms with van der Waals surface area (Å²) >= 11 is 0. The fourth-order valence-electron chi connectivity index (χ4n) is 0.890. The van der Waals surface area contributed by atoms with Crippen LogP contribution in [0.4, 0.5) is 0 Å². The summed E-state index contributed by atoms with van der Waals surface area (Å²) in [7, 11) is 1.17. The number of methoxy groups -OCH3 is 1. The number of aliphatic hydroxyl groups excluding tert-OH is 1. The van der Waals surface area contributed by atoms with Gasteiger partial charge in [-0.25, -0.2) is 9.59 Å². The molecule has 0 saturated carbocycles. The zero-order valence-electron chi connectivity index (χ0n) is 7.06. The Balaban J connectivity index is 2.65. The Morgan fingerprint density at radius 2 is 2.54 bits per heavy atom.